The van der Waals surface area contributed by atoms with Gasteiger partial charge in [-0.2, -0.15) is 0 Å². The van der Waals surface area contributed by atoms with Gasteiger partial charge in [-0.25, -0.2) is 0 Å². The van der Waals surface area contributed by atoms with Crippen molar-refractivity contribution in [3.8, 4) is 0 Å². The van der Waals surface area contributed by atoms with Crippen LogP contribution in [0.25, 0.3) is 0 Å². The summed E-state index contributed by atoms with van der Waals surface area (Å²) in [5.74, 6) is -10.8. The van der Waals surface area contributed by atoms with E-state index in [2.05, 4.69) is 0 Å². The van der Waals surface area contributed by atoms with Gasteiger partial charge in [0.05, 0.1) is 19.5 Å². The Balaban J connectivity index is 1.51. The Labute approximate surface area is 253 Å². The van der Waals surface area contributed by atoms with Crippen molar-refractivity contribution in [3.63, 3.8) is 0 Å². The van der Waals surface area contributed by atoms with Crippen LogP contribution in [0, 0.1) is 46.3 Å². The molecule has 0 aromatic rings. The molecule has 0 aromatic carbocycles. The van der Waals surface area contributed by atoms with Crippen molar-refractivity contribution in [1.29, 1.82) is 0 Å². The maximum Gasteiger partial charge on any atom is 0.308 e. The van der Waals surface area contributed by atoms with Crippen LogP contribution in [0.5, 0.6) is 0 Å². The standard InChI is InChI=1S/C33H46O7/c1-18(2)29(37)38-17-26(36)33-27(39-30(40-33)20-8-6-19(3)7-9-20)15-24-23-11-10-21-14-22(34)12-13-31(21,4)28(23)25(35)16-32(24,33)5/h12-14,18-20,23-25,27-28,30,35H,6-11,15-17H2,1-5H3/t19?,20?,23-,24-,25-,27+,28+,30+,31-,32-,33+/m0/s1/i6D2,7D2,8D2,9D2,19D,20D,30D. The fourth-order valence-electron chi connectivity index (χ4n) is 8.46. The van der Waals surface area contributed by atoms with Crippen LogP contribution in [-0.4, -0.2) is 53.3 Å². The van der Waals surface area contributed by atoms with E-state index in [0.29, 0.717) is 19.8 Å². The number of aliphatic hydroxyl groups is 1. The molecule has 220 valence electrons. The number of hydrogen-bond donors (Lipinski definition) is 1. The second kappa shape index (κ2) is 9.88. The number of esters is 1. The predicted octanol–water partition coefficient (Wildman–Crippen LogP) is 4.95. The molecule has 9 atom stereocenters. The van der Waals surface area contributed by atoms with E-state index in [9.17, 15) is 22.2 Å². The van der Waals surface area contributed by atoms with Crippen molar-refractivity contribution < 1.29 is 48.8 Å². The third-order valence-corrected chi connectivity index (χ3v) is 10.3. The number of ether oxygens (including phenoxy) is 3. The van der Waals surface area contributed by atoms with Crippen molar-refractivity contribution in [3.05, 3.63) is 23.8 Å². The summed E-state index contributed by atoms with van der Waals surface area (Å²) in [5, 5.41) is 12.0. The van der Waals surface area contributed by atoms with Crippen LogP contribution in [0.2, 0.25) is 0 Å². The van der Waals surface area contributed by atoms with Gasteiger partial charge in [0.25, 0.3) is 0 Å². The molecule has 0 unspecified atom stereocenters. The Bertz CT molecular complexity index is 1600. The minimum Gasteiger partial charge on any atom is -0.457 e. The van der Waals surface area contributed by atoms with Gasteiger partial charge in [0.1, 0.15) is 0 Å². The molecule has 7 heteroatoms. The lowest BCUT2D eigenvalue weighted by Crippen LogP contribution is -2.63. The van der Waals surface area contributed by atoms with Gasteiger partial charge >= 0.3 is 5.97 Å². The molecule has 0 bridgehead atoms. The first-order valence-electron chi connectivity index (χ1n) is 19.7. The SMILES string of the molecule is [2H]C1([2H])C([2H])([2H])C([2H])([C@]2([2H])O[C@@H]3C[C@H]4[C@@H]5CCC6=CC(=O)C=C[C@]6(C)[C@H]5[C@@H](O)C[C@]4(C)[C@]3(C(=O)COC(=O)C(C)C)O2)C([2H])([2H])C([2H])([2H])C1([2H])C. The van der Waals surface area contributed by atoms with Gasteiger partial charge < -0.3 is 19.3 Å². The smallest absolute Gasteiger partial charge is 0.308 e. The van der Waals surface area contributed by atoms with Gasteiger partial charge in [-0.3, -0.25) is 14.4 Å². The fourth-order valence-corrected chi connectivity index (χ4v) is 8.46. The van der Waals surface area contributed by atoms with E-state index in [1.807, 2.05) is 6.92 Å². The predicted molar refractivity (Wildman–Crippen MR) is 148 cm³/mol. The van der Waals surface area contributed by atoms with Crippen LogP contribution >= 0.6 is 0 Å². The number of carbonyl (C=O) groups is 3. The number of ketones is 2. The molecule has 0 radical (unpaired) electrons. The first-order chi connectivity index (χ1) is 23.0. The minimum atomic E-state index is -3.91. The zero-order valence-corrected chi connectivity index (χ0v) is 23.6. The Kier molecular flexibility index (Phi) is 4.44. The number of fused-ring (bicyclic) bond motifs is 7. The molecule has 0 spiro atoms. The third-order valence-electron chi connectivity index (χ3n) is 10.3. The van der Waals surface area contributed by atoms with E-state index >= 15 is 0 Å². The summed E-state index contributed by atoms with van der Waals surface area (Å²) in [7, 11) is 0. The maximum absolute atomic E-state index is 14.7. The van der Waals surface area contributed by atoms with Crippen LogP contribution in [0.15, 0.2) is 23.8 Å². The van der Waals surface area contributed by atoms with Gasteiger partial charge in [-0.15, -0.1) is 0 Å². The lowest BCUT2D eigenvalue weighted by Gasteiger charge is -2.59. The maximum atomic E-state index is 14.7. The molecular formula is C33H46O7. The summed E-state index contributed by atoms with van der Waals surface area (Å²) in [4.78, 5) is 39.5. The second-order valence-electron chi connectivity index (χ2n) is 12.9. The molecule has 0 aromatic heterocycles. The van der Waals surface area contributed by atoms with E-state index in [-0.39, 0.29) is 24.5 Å². The molecule has 6 aliphatic rings. The molecule has 0 amide bonds. The Morgan fingerprint density at radius 2 is 1.98 bits per heavy atom. The zero-order valence-electron chi connectivity index (χ0n) is 34.6. The lowest BCUT2D eigenvalue weighted by atomic mass is 9.46. The molecular weight excluding hydrogens is 508 g/mol. The number of allylic oxidation sites excluding steroid dienone is 4. The second-order valence-corrected chi connectivity index (χ2v) is 12.9. The molecule has 1 N–H and O–H groups in total. The fraction of sp³-hybridized carbons (Fsp3) is 0.788. The quantitative estimate of drug-likeness (QED) is 0.471. The van der Waals surface area contributed by atoms with E-state index in [1.54, 1.807) is 32.9 Å². The summed E-state index contributed by atoms with van der Waals surface area (Å²) in [5.41, 5.74) is -3.69. The molecule has 5 aliphatic carbocycles. The molecule has 1 aliphatic heterocycles. The van der Waals surface area contributed by atoms with E-state index in [0.717, 1.165) is 5.57 Å². The molecule has 7 nitrogen and oxygen atoms in total. The highest BCUT2D eigenvalue weighted by Crippen LogP contribution is 2.70. The summed E-state index contributed by atoms with van der Waals surface area (Å²) in [6.45, 7) is 6.43. The van der Waals surface area contributed by atoms with E-state index in [4.69, 9.17) is 26.5 Å². The topological polar surface area (TPSA) is 99.1 Å². The van der Waals surface area contributed by atoms with Crippen molar-refractivity contribution in [2.24, 2.45) is 46.3 Å². The van der Waals surface area contributed by atoms with E-state index in [1.165, 1.54) is 6.08 Å². The Morgan fingerprint density at radius 1 is 1.25 bits per heavy atom. The molecule has 1 heterocycles. The number of hydrogen-bond acceptors (Lipinski definition) is 7. The number of aliphatic hydroxyl groups excluding tert-OH is 1. The van der Waals surface area contributed by atoms with Crippen LogP contribution in [0.3, 0.4) is 0 Å². The van der Waals surface area contributed by atoms with Gasteiger partial charge in [0.2, 0.25) is 5.78 Å². The zero-order chi connectivity index (χ0) is 38.6. The summed E-state index contributed by atoms with van der Waals surface area (Å²) in [6.07, 6.45) is -15.6. The summed E-state index contributed by atoms with van der Waals surface area (Å²) < 4.78 is 115. The average Bonchev–Trinajstić information content (AvgIpc) is 3.46. The molecule has 5 fully saturated rings. The summed E-state index contributed by atoms with van der Waals surface area (Å²) >= 11 is 0. The highest BCUT2D eigenvalue weighted by atomic mass is 16.7. The van der Waals surface area contributed by atoms with Crippen LogP contribution in [-0.2, 0) is 28.6 Å². The number of carbonyl (C=O) groups excluding carboxylic acids is 3. The van der Waals surface area contributed by atoms with Gasteiger partial charge in [-0.1, -0.05) is 59.0 Å². The first kappa shape index (κ1) is 18.0. The average molecular weight is 566 g/mol. The highest BCUT2D eigenvalue weighted by molar-refractivity contribution is 6.01. The minimum absolute atomic E-state index is 0.0648. The molecule has 40 heavy (non-hydrogen) atoms. The monoisotopic (exact) mass is 565 g/mol. The Morgan fingerprint density at radius 3 is 2.67 bits per heavy atom. The van der Waals surface area contributed by atoms with Crippen molar-refractivity contribution in [2.75, 3.05) is 6.61 Å². The number of rotatable bonds is 5. The molecule has 4 saturated carbocycles. The van der Waals surface area contributed by atoms with Gasteiger partial charge in [0.15, 0.2) is 24.3 Å². The Hall–Kier alpha value is -1.83. The highest BCUT2D eigenvalue weighted by Gasteiger charge is 2.76. The van der Waals surface area contributed by atoms with Crippen molar-refractivity contribution in [2.45, 2.75) is 110 Å². The van der Waals surface area contributed by atoms with Gasteiger partial charge in [-0.05, 0) is 68.3 Å². The van der Waals surface area contributed by atoms with Crippen LogP contribution in [0.4, 0.5) is 0 Å². The van der Waals surface area contributed by atoms with Crippen molar-refractivity contribution >= 4 is 17.5 Å². The largest absolute Gasteiger partial charge is 0.457 e. The van der Waals surface area contributed by atoms with E-state index < -0.39 is 108 Å². The number of Topliss-reactive ketones (excluding diaryl/α,β-unsaturated/α-hetero) is 1. The lowest BCUT2D eigenvalue weighted by molar-refractivity contribution is -0.210. The normalized spacial score (nSPS) is 62.3. The van der Waals surface area contributed by atoms with Crippen molar-refractivity contribution in [1.82, 2.24) is 0 Å². The summed E-state index contributed by atoms with van der Waals surface area (Å²) in [6, 6.07) is 0. The van der Waals surface area contributed by atoms with Gasteiger partial charge in [0, 0.05) is 36.3 Å². The molecule has 6 rings (SSSR count). The third kappa shape index (κ3) is 4.04. The first-order valence-corrected chi connectivity index (χ1v) is 14.2. The molecule has 1 saturated heterocycles. The van der Waals surface area contributed by atoms with Crippen LogP contribution < -0.4 is 0 Å². The van der Waals surface area contributed by atoms with Crippen LogP contribution in [0.1, 0.15) is 101 Å².